The van der Waals surface area contributed by atoms with Crippen LogP contribution in [-0.4, -0.2) is 32.0 Å². The molecule has 114 valence electrons. The molecule has 0 bridgehead atoms. The summed E-state index contributed by atoms with van der Waals surface area (Å²) in [6.45, 7) is 0.124. The van der Waals surface area contributed by atoms with Gasteiger partial charge in [0.25, 0.3) is 0 Å². The minimum absolute atomic E-state index is 0.150. The minimum atomic E-state index is -3.54. The number of ether oxygens (including phenoxy) is 1. The Labute approximate surface area is 128 Å². The van der Waals surface area contributed by atoms with Gasteiger partial charge in [-0.15, -0.1) is 11.3 Å². The first-order chi connectivity index (χ1) is 9.97. The van der Waals surface area contributed by atoms with Gasteiger partial charge in [0, 0.05) is 23.8 Å². The van der Waals surface area contributed by atoms with Gasteiger partial charge < -0.3 is 9.84 Å². The zero-order chi connectivity index (χ0) is 15.5. The molecule has 0 aliphatic carbocycles. The molecule has 0 aliphatic heterocycles. The van der Waals surface area contributed by atoms with E-state index in [1.165, 1.54) is 28.8 Å². The third-order valence-corrected chi connectivity index (χ3v) is 5.91. The molecule has 1 aromatic carbocycles. The summed E-state index contributed by atoms with van der Waals surface area (Å²) < 4.78 is 31.2. The number of benzene rings is 1. The summed E-state index contributed by atoms with van der Waals surface area (Å²) in [5.74, 6) is 0.731. The van der Waals surface area contributed by atoms with Crippen LogP contribution in [0, 0.1) is 0 Å². The Morgan fingerprint density at radius 3 is 2.48 bits per heavy atom. The maximum Gasteiger partial charge on any atom is 0.243 e. The number of aliphatic hydroxyl groups is 1. The number of nitrogens with zero attached hydrogens (tertiary/aromatic N) is 1. The number of hydrogen-bond acceptors (Lipinski definition) is 5. The first kappa shape index (κ1) is 16.0. The van der Waals surface area contributed by atoms with Gasteiger partial charge in [0.15, 0.2) is 0 Å². The first-order valence-corrected chi connectivity index (χ1v) is 8.57. The van der Waals surface area contributed by atoms with Crippen LogP contribution in [0.15, 0.2) is 40.6 Å². The molecule has 2 rings (SSSR count). The summed E-state index contributed by atoms with van der Waals surface area (Å²) in [4.78, 5) is 0.846. The highest BCUT2D eigenvalue weighted by Crippen LogP contribution is 2.23. The third kappa shape index (κ3) is 3.62. The van der Waals surface area contributed by atoms with Gasteiger partial charge in [-0.05, 0) is 23.8 Å². The standard InChI is InChI=1S/C14H17NO4S2/c1-15(8-11-3-5-12(19-2)6-4-11)21(17,18)14-7-13(9-16)20-10-14/h3-7,10,16H,8-9H2,1-2H3. The van der Waals surface area contributed by atoms with Crippen LogP contribution in [0.2, 0.25) is 0 Å². The number of rotatable bonds is 6. The zero-order valence-corrected chi connectivity index (χ0v) is 13.4. The fourth-order valence-electron chi connectivity index (χ4n) is 1.83. The monoisotopic (exact) mass is 327 g/mol. The maximum absolute atomic E-state index is 12.4. The van der Waals surface area contributed by atoms with Crippen molar-refractivity contribution in [3.63, 3.8) is 0 Å². The number of methoxy groups -OCH3 is 1. The fourth-order valence-corrected chi connectivity index (χ4v) is 4.11. The first-order valence-electron chi connectivity index (χ1n) is 6.25. The van der Waals surface area contributed by atoms with E-state index in [-0.39, 0.29) is 18.0 Å². The molecule has 0 saturated heterocycles. The van der Waals surface area contributed by atoms with Crippen LogP contribution in [0.25, 0.3) is 0 Å². The van der Waals surface area contributed by atoms with Crippen molar-refractivity contribution in [1.82, 2.24) is 4.31 Å². The van der Waals surface area contributed by atoms with Crippen molar-refractivity contribution in [2.75, 3.05) is 14.2 Å². The number of hydrogen-bond donors (Lipinski definition) is 1. The Balaban J connectivity index is 2.15. The summed E-state index contributed by atoms with van der Waals surface area (Å²) in [5, 5.41) is 10.6. The van der Waals surface area contributed by atoms with Gasteiger partial charge in [-0.1, -0.05) is 12.1 Å². The Hall–Kier alpha value is -1.41. The van der Waals surface area contributed by atoms with Crippen LogP contribution in [0.5, 0.6) is 5.75 Å². The topological polar surface area (TPSA) is 66.8 Å². The largest absolute Gasteiger partial charge is 0.497 e. The van der Waals surface area contributed by atoms with E-state index in [0.717, 1.165) is 11.3 Å². The lowest BCUT2D eigenvalue weighted by Crippen LogP contribution is -2.26. The van der Waals surface area contributed by atoms with E-state index >= 15 is 0 Å². The van der Waals surface area contributed by atoms with Gasteiger partial charge >= 0.3 is 0 Å². The highest BCUT2D eigenvalue weighted by molar-refractivity contribution is 7.89. The molecule has 5 nitrogen and oxygen atoms in total. The molecule has 21 heavy (non-hydrogen) atoms. The van der Waals surface area contributed by atoms with Crippen molar-refractivity contribution in [2.24, 2.45) is 0 Å². The van der Waals surface area contributed by atoms with Crippen molar-refractivity contribution in [2.45, 2.75) is 18.0 Å². The van der Waals surface area contributed by atoms with E-state index in [2.05, 4.69) is 0 Å². The summed E-state index contributed by atoms with van der Waals surface area (Å²) >= 11 is 1.23. The molecule has 0 amide bonds. The van der Waals surface area contributed by atoms with Crippen molar-refractivity contribution in [3.8, 4) is 5.75 Å². The van der Waals surface area contributed by atoms with Crippen molar-refractivity contribution < 1.29 is 18.3 Å². The molecule has 0 unspecified atom stereocenters. The molecule has 0 fully saturated rings. The average Bonchev–Trinajstić information content (AvgIpc) is 2.97. The minimum Gasteiger partial charge on any atom is -0.497 e. The lowest BCUT2D eigenvalue weighted by atomic mass is 10.2. The summed E-state index contributed by atoms with van der Waals surface area (Å²) in [5.41, 5.74) is 0.875. The molecule has 0 saturated carbocycles. The molecule has 2 aromatic rings. The second-order valence-electron chi connectivity index (χ2n) is 4.52. The zero-order valence-electron chi connectivity index (χ0n) is 11.8. The average molecular weight is 327 g/mol. The normalized spacial score (nSPS) is 11.8. The third-order valence-electron chi connectivity index (χ3n) is 3.06. The lowest BCUT2D eigenvalue weighted by molar-refractivity contribution is 0.285. The van der Waals surface area contributed by atoms with Crippen LogP contribution in [0.3, 0.4) is 0 Å². The second kappa shape index (κ2) is 6.57. The molecule has 0 atom stereocenters. The van der Waals surface area contributed by atoms with Crippen molar-refractivity contribution in [1.29, 1.82) is 0 Å². The van der Waals surface area contributed by atoms with E-state index in [1.54, 1.807) is 24.6 Å². The van der Waals surface area contributed by atoms with Gasteiger partial charge in [-0.3, -0.25) is 0 Å². The highest BCUT2D eigenvalue weighted by atomic mass is 32.2. The summed E-state index contributed by atoms with van der Waals surface area (Å²) in [6, 6.07) is 8.76. The predicted octanol–water partition coefficient (Wildman–Crippen LogP) is 2.07. The van der Waals surface area contributed by atoms with Crippen LogP contribution < -0.4 is 4.74 Å². The van der Waals surface area contributed by atoms with Gasteiger partial charge in [-0.2, -0.15) is 4.31 Å². The number of thiophene rings is 1. The van der Waals surface area contributed by atoms with Crippen LogP contribution in [-0.2, 0) is 23.2 Å². The molecule has 0 aliphatic rings. The fraction of sp³-hybridized carbons (Fsp3) is 0.286. The quantitative estimate of drug-likeness (QED) is 0.882. The van der Waals surface area contributed by atoms with E-state index in [0.29, 0.717) is 4.88 Å². The van der Waals surface area contributed by atoms with Crippen LogP contribution in [0.1, 0.15) is 10.4 Å². The Kier molecular flexibility index (Phi) is 5.00. The van der Waals surface area contributed by atoms with Crippen LogP contribution >= 0.6 is 11.3 Å². The van der Waals surface area contributed by atoms with E-state index in [4.69, 9.17) is 9.84 Å². The molecule has 1 N–H and O–H groups in total. The summed E-state index contributed by atoms with van der Waals surface area (Å²) in [7, 11) is -0.419. The lowest BCUT2D eigenvalue weighted by Gasteiger charge is -2.16. The van der Waals surface area contributed by atoms with Gasteiger partial charge in [-0.25, -0.2) is 8.42 Å². The second-order valence-corrected chi connectivity index (χ2v) is 7.56. The number of aliphatic hydroxyl groups excluding tert-OH is 1. The van der Waals surface area contributed by atoms with Crippen LogP contribution in [0.4, 0.5) is 0 Å². The molecule has 0 radical (unpaired) electrons. The van der Waals surface area contributed by atoms with Crippen molar-refractivity contribution in [3.05, 3.63) is 46.2 Å². The Morgan fingerprint density at radius 2 is 1.95 bits per heavy atom. The smallest absolute Gasteiger partial charge is 0.243 e. The molecule has 1 heterocycles. The Bertz CT molecular complexity index is 692. The Morgan fingerprint density at radius 1 is 1.29 bits per heavy atom. The molecular weight excluding hydrogens is 310 g/mol. The van der Waals surface area contributed by atoms with E-state index in [9.17, 15) is 8.42 Å². The predicted molar refractivity (Wildman–Crippen MR) is 81.9 cm³/mol. The van der Waals surface area contributed by atoms with E-state index in [1.807, 2.05) is 12.1 Å². The maximum atomic E-state index is 12.4. The molecular formula is C14H17NO4S2. The highest BCUT2D eigenvalue weighted by Gasteiger charge is 2.22. The molecule has 0 spiro atoms. The van der Waals surface area contributed by atoms with Gasteiger partial charge in [0.05, 0.1) is 18.6 Å². The van der Waals surface area contributed by atoms with Gasteiger partial charge in [0.1, 0.15) is 5.75 Å². The van der Waals surface area contributed by atoms with E-state index < -0.39 is 10.0 Å². The summed E-state index contributed by atoms with van der Waals surface area (Å²) in [6.07, 6.45) is 0. The SMILES string of the molecule is COc1ccc(CN(C)S(=O)(=O)c2csc(CO)c2)cc1. The van der Waals surface area contributed by atoms with Crippen molar-refractivity contribution >= 4 is 21.4 Å². The molecule has 7 heteroatoms. The molecule has 1 aromatic heterocycles. The van der Waals surface area contributed by atoms with Gasteiger partial charge in [0.2, 0.25) is 10.0 Å². The number of sulfonamides is 1.